The van der Waals surface area contributed by atoms with E-state index in [1.807, 2.05) is 25.1 Å². The first kappa shape index (κ1) is 22.2. The van der Waals surface area contributed by atoms with Gasteiger partial charge >= 0.3 is 5.91 Å². The largest absolute Gasteiger partial charge is 0.507 e. The molecule has 36 heavy (non-hydrogen) atoms. The van der Waals surface area contributed by atoms with Gasteiger partial charge in [-0.05, 0) is 48.9 Å². The van der Waals surface area contributed by atoms with Crippen LogP contribution in [0.2, 0.25) is 0 Å². The molecule has 4 aromatic rings. The van der Waals surface area contributed by atoms with Gasteiger partial charge in [0.1, 0.15) is 30.8 Å². The number of rotatable bonds is 3. The molecule has 0 aliphatic carbocycles. The minimum absolute atomic E-state index is 0.0752. The van der Waals surface area contributed by atoms with Crippen molar-refractivity contribution in [3.8, 4) is 11.5 Å². The number of Topliss-reactive ketones (excluding diaryl/α,β-unsaturated/α-hetero) is 1. The smallest absolute Gasteiger partial charge is 0.301 e. The fourth-order valence-corrected chi connectivity index (χ4v) is 5.58. The van der Waals surface area contributed by atoms with Crippen LogP contribution in [-0.4, -0.2) is 35.0 Å². The number of anilines is 1. The lowest BCUT2D eigenvalue weighted by molar-refractivity contribution is -0.132. The summed E-state index contributed by atoms with van der Waals surface area (Å²) in [4.78, 5) is 32.4. The number of benzene rings is 3. The number of nitrogens with zero attached hydrogens (tertiary/aromatic N) is 2. The van der Waals surface area contributed by atoms with Gasteiger partial charge < -0.3 is 14.6 Å². The number of aryl methyl sites for hydroxylation is 1. The van der Waals surface area contributed by atoms with E-state index >= 15 is 4.39 Å². The van der Waals surface area contributed by atoms with E-state index < -0.39 is 29.3 Å². The van der Waals surface area contributed by atoms with Crippen LogP contribution in [0.25, 0.3) is 16.0 Å². The van der Waals surface area contributed by atoms with Gasteiger partial charge in [-0.15, -0.1) is 0 Å². The Kier molecular flexibility index (Phi) is 5.22. The molecule has 1 fully saturated rings. The van der Waals surface area contributed by atoms with Gasteiger partial charge in [0.25, 0.3) is 5.78 Å². The second-order valence-corrected chi connectivity index (χ2v) is 9.53. The Hall–Kier alpha value is -4.24. The number of thiazole rings is 1. The maximum atomic E-state index is 15.1. The van der Waals surface area contributed by atoms with E-state index in [4.69, 9.17) is 9.47 Å². The zero-order chi connectivity index (χ0) is 25.0. The third kappa shape index (κ3) is 3.51. The average Bonchev–Trinajstić information content (AvgIpc) is 3.41. The van der Waals surface area contributed by atoms with E-state index in [1.165, 1.54) is 40.5 Å². The number of hydrogen-bond donors (Lipinski definition) is 1. The number of aliphatic hydroxyl groups excluding tert-OH is 1. The topological polar surface area (TPSA) is 89.0 Å². The SMILES string of the molecule is Cc1ccc2nc(N3C(=O)C(=O)C(=C(O)c4ccc5c(c4)OCCO5)[C@H]3c3ccccc3F)sc2c1. The number of halogens is 1. The van der Waals surface area contributed by atoms with Gasteiger partial charge in [-0.1, -0.05) is 35.6 Å². The molecule has 9 heteroatoms. The number of fused-ring (bicyclic) bond motifs is 2. The molecular weight excluding hydrogens is 483 g/mol. The van der Waals surface area contributed by atoms with Crippen LogP contribution in [-0.2, 0) is 9.59 Å². The predicted molar refractivity (Wildman–Crippen MR) is 133 cm³/mol. The predicted octanol–water partition coefficient (Wildman–Crippen LogP) is 5.14. The van der Waals surface area contributed by atoms with Crippen molar-refractivity contribution in [3.05, 3.63) is 88.7 Å². The Bertz CT molecular complexity index is 1590. The highest BCUT2D eigenvalue weighted by Gasteiger charge is 2.49. The van der Waals surface area contributed by atoms with Crippen molar-refractivity contribution in [2.75, 3.05) is 18.1 Å². The van der Waals surface area contributed by atoms with Crippen LogP contribution in [0, 0.1) is 12.7 Å². The second kappa shape index (κ2) is 8.46. The highest BCUT2D eigenvalue weighted by molar-refractivity contribution is 7.22. The molecule has 1 amide bonds. The first-order valence-corrected chi connectivity index (χ1v) is 12.1. The number of aliphatic hydroxyl groups is 1. The zero-order valence-corrected chi connectivity index (χ0v) is 19.8. The highest BCUT2D eigenvalue weighted by atomic mass is 32.1. The fraction of sp³-hybridized carbons (Fsp3) is 0.148. The number of ketones is 1. The van der Waals surface area contributed by atoms with E-state index in [1.54, 1.807) is 18.2 Å². The normalized spacial score (nSPS) is 18.7. The molecular formula is C27H19FN2O5S. The summed E-state index contributed by atoms with van der Waals surface area (Å²) < 4.78 is 27.1. The van der Waals surface area contributed by atoms with Crippen LogP contribution in [0.3, 0.4) is 0 Å². The molecule has 0 spiro atoms. The third-order valence-corrected chi connectivity index (χ3v) is 7.22. The molecule has 180 valence electrons. The molecule has 1 atom stereocenters. The van der Waals surface area contributed by atoms with Gasteiger partial charge in [0.05, 0.1) is 15.8 Å². The van der Waals surface area contributed by atoms with Gasteiger partial charge in [-0.2, -0.15) is 0 Å². The minimum atomic E-state index is -1.21. The van der Waals surface area contributed by atoms with E-state index in [2.05, 4.69) is 4.98 Å². The molecule has 1 aromatic heterocycles. The first-order chi connectivity index (χ1) is 17.4. The van der Waals surface area contributed by atoms with Crippen LogP contribution in [0.1, 0.15) is 22.7 Å². The van der Waals surface area contributed by atoms with E-state index in [0.29, 0.717) is 30.2 Å². The monoisotopic (exact) mass is 502 g/mol. The Morgan fingerprint density at radius 3 is 2.64 bits per heavy atom. The van der Waals surface area contributed by atoms with Gasteiger partial charge in [-0.25, -0.2) is 9.37 Å². The highest BCUT2D eigenvalue weighted by Crippen LogP contribution is 2.45. The number of ether oxygens (including phenoxy) is 2. The van der Waals surface area contributed by atoms with Crippen molar-refractivity contribution < 1.29 is 28.6 Å². The lowest BCUT2D eigenvalue weighted by Gasteiger charge is -2.23. The second-order valence-electron chi connectivity index (χ2n) is 8.52. The van der Waals surface area contributed by atoms with Crippen molar-refractivity contribution in [1.29, 1.82) is 0 Å². The first-order valence-electron chi connectivity index (χ1n) is 11.2. The van der Waals surface area contributed by atoms with Gasteiger partial charge in [-0.3, -0.25) is 14.5 Å². The molecule has 2 aliphatic rings. The van der Waals surface area contributed by atoms with Crippen LogP contribution in [0.15, 0.2) is 66.2 Å². The van der Waals surface area contributed by atoms with E-state index in [9.17, 15) is 14.7 Å². The van der Waals surface area contributed by atoms with Crippen molar-refractivity contribution in [3.63, 3.8) is 0 Å². The molecule has 1 N–H and O–H groups in total. The molecule has 0 saturated carbocycles. The Labute approximate surface area is 209 Å². The number of carbonyl (C=O) groups excluding carboxylic acids is 2. The molecule has 0 bridgehead atoms. The maximum absolute atomic E-state index is 15.1. The number of aromatic nitrogens is 1. The average molecular weight is 503 g/mol. The third-order valence-electron chi connectivity index (χ3n) is 6.20. The van der Waals surface area contributed by atoms with Crippen LogP contribution >= 0.6 is 11.3 Å². The summed E-state index contributed by atoms with van der Waals surface area (Å²) in [6, 6.07) is 15.1. The number of amides is 1. The maximum Gasteiger partial charge on any atom is 0.301 e. The van der Waals surface area contributed by atoms with Gasteiger partial charge in [0.2, 0.25) is 0 Å². The van der Waals surface area contributed by atoms with Crippen molar-refractivity contribution in [2.24, 2.45) is 0 Å². The summed E-state index contributed by atoms with van der Waals surface area (Å²) >= 11 is 1.23. The lowest BCUT2D eigenvalue weighted by Crippen LogP contribution is -2.29. The molecule has 1 saturated heterocycles. The Morgan fingerprint density at radius 2 is 1.83 bits per heavy atom. The van der Waals surface area contributed by atoms with Gasteiger partial charge in [0, 0.05) is 11.1 Å². The van der Waals surface area contributed by atoms with Crippen LogP contribution < -0.4 is 14.4 Å². The molecule has 7 nitrogen and oxygen atoms in total. The standard InChI is InChI=1S/C27H19FN2O5S/c1-14-6-8-18-21(12-14)36-27(29-18)30-23(16-4-2-3-5-17(16)28)22(25(32)26(30)33)24(31)15-7-9-19-20(13-15)35-11-10-34-19/h2-9,12-13,23,31H,10-11H2,1H3/t23-/m1/s1. The van der Waals surface area contributed by atoms with Crippen LogP contribution in [0.4, 0.5) is 9.52 Å². The Balaban J connectivity index is 1.55. The summed E-state index contributed by atoms with van der Waals surface area (Å²) in [5.41, 5.74) is 1.77. The minimum Gasteiger partial charge on any atom is -0.507 e. The Morgan fingerprint density at radius 1 is 1.06 bits per heavy atom. The van der Waals surface area contributed by atoms with Crippen LogP contribution in [0.5, 0.6) is 11.5 Å². The molecule has 6 rings (SSSR count). The molecule has 0 radical (unpaired) electrons. The van der Waals surface area contributed by atoms with Crippen molar-refractivity contribution >= 4 is 44.1 Å². The fourth-order valence-electron chi connectivity index (χ4n) is 4.49. The zero-order valence-electron chi connectivity index (χ0n) is 19.0. The summed E-state index contributed by atoms with van der Waals surface area (Å²) in [5, 5.41) is 11.6. The van der Waals surface area contributed by atoms with E-state index in [0.717, 1.165) is 10.3 Å². The molecule has 0 unspecified atom stereocenters. The molecule has 2 aliphatic heterocycles. The summed E-state index contributed by atoms with van der Waals surface area (Å²) in [7, 11) is 0. The molecule has 3 heterocycles. The van der Waals surface area contributed by atoms with E-state index in [-0.39, 0.29) is 21.8 Å². The summed E-state index contributed by atoms with van der Waals surface area (Å²) in [5.74, 6) is -1.95. The van der Waals surface area contributed by atoms with Gasteiger partial charge in [0.15, 0.2) is 16.6 Å². The quantitative estimate of drug-likeness (QED) is 0.237. The number of carbonyl (C=O) groups is 2. The van der Waals surface area contributed by atoms with Crippen molar-refractivity contribution in [1.82, 2.24) is 4.98 Å². The number of hydrogen-bond acceptors (Lipinski definition) is 7. The molecule has 3 aromatic carbocycles. The van der Waals surface area contributed by atoms with Crippen molar-refractivity contribution in [2.45, 2.75) is 13.0 Å². The lowest BCUT2D eigenvalue weighted by atomic mass is 9.95. The summed E-state index contributed by atoms with van der Waals surface area (Å²) in [6.07, 6.45) is 0. The summed E-state index contributed by atoms with van der Waals surface area (Å²) in [6.45, 7) is 2.68.